The summed E-state index contributed by atoms with van der Waals surface area (Å²) in [6.45, 7) is 10.4. The summed E-state index contributed by atoms with van der Waals surface area (Å²) in [6, 6.07) is 16.0. The number of carbonyl (C=O) groups excluding carboxylic acids is 4. The summed E-state index contributed by atoms with van der Waals surface area (Å²) >= 11 is 0. The Morgan fingerprint density at radius 3 is 2.30 bits per heavy atom. The molecule has 4 heterocycles. The molecular weight excluding hydrogens is 686 g/mol. The monoisotopic (exact) mass is 741 g/mol. The molecule has 8 atom stereocenters. The van der Waals surface area contributed by atoms with Crippen molar-refractivity contribution >= 4 is 23.7 Å². The van der Waals surface area contributed by atoms with E-state index in [-0.39, 0.29) is 43.2 Å². The highest BCUT2D eigenvalue weighted by Gasteiger charge is 2.73. The quantitative estimate of drug-likeness (QED) is 0.283. The van der Waals surface area contributed by atoms with Crippen LogP contribution in [0.1, 0.15) is 71.1 Å². The van der Waals surface area contributed by atoms with Crippen LogP contribution in [-0.2, 0) is 39.8 Å². The number of hydrogen-bond donors (Lipinski definition) is 2. The molecule has 0 bridgehead atoms. The number of ether oxygens (including phenoxy) is 3. The Kier molecular flexibility index (Phi) is 11.5. The first-order valence-corrected chi connectivity index (χ1v) is 19.0. The second kappa shape index (κ2) is 15.8. The summed E-state index contributed by atoms with van der Waals surface area (Å²) in [5.74, 6) is -3.96. The van der Waals surface area contributed by atoms with Crippen LogP contribution in [0.5, 0.6) is 0 Å². The standard InChI is InChI=1S/C43H55N3O8/c1-41(2,3)27-42(4,5)45-23-15-22-43-35(38(49)46(37(43)39(45)50)30(25-47)24-28-16-9-7-10-17-28)34-32(54-43)20-13-14-21-33(48)44-31(26-52-6)36(53-40(34)51)29-18-11-8-12-19-29/h7-13,15-20,22,30-32,34-37,47H,14,21,23-27H2,1-6H3,(H,44,48)/b20-13-/t30-,31+,32+,34-,35-,36+,37+,43-/m1/s1. The number of aliphatic hydroxyl groups is 1. The van der Waals surface area contributed by atoms with Gasteiger partial charge >= 0.3 is 5.97 Å². The van der Waals surface area contributed by atoms with Crippen molar-refractivity contribution in [2.24, 2.45) is 17.3 Å². The average Bonchev–Trinajstić information content (AvgIpc) is 3.51. The number of allylic oxidation sites excluding steroid dienone is 1. The van der Waals surface area contributed by atoms with Gasteiger partial charge in [0.25, 0.3) is 0 Å². The molecule has 0 aromatic heterocycles. The highest BCUT2D eigenvalue weighted by Crippen LogP contribution is 2.54. The lowest BCUT2D eigenvalue weighted by Gasteiger charge is -2.45. The van der Waals surface area contributed by atoms with Crippen molar-refractivity contribution in [1.82, 2.24) is 15.1 Å². The summed E-state index contributed by atoms with van der Waals surface area (Å²) in [6.07, 6.45) is 6.81. The Labute approximate surface area is 318 Å². The number of amides is 3. The van der Waals surface area contributed by atoms with Crippen molar-refractivity contribution in [3.63, 3.8) is 0 Å². The second-order valence-electron chi connectivity index (χ2n) is 16.9. The number of likely N-dealkylation sites (tertiary alicyclic amines) is 1. The minimum absolute atomic E-state index is 0.0657. The van der Waals surface area contributed by atoms with Crippen molar-refractivity contribution in [2.75, 3.05) is 26.9 Å². The van der Waals surface area contributed by atoms with Crippen molar-refractivity contribution in [3.05, 3.63) is 96.1 Å². The molecule has 0 unspecified atom stereocenters. The maximum absolute atomic E-state index is 15.3. The van der Waals surface area contributed by atoms with Crippen LogP contribution >= 0.6 is 0 Å². The van der Waals surface area contributed by atoms with Gasteiger partial charge in [-0.2, -0.15) is 0 Å². The van der Waals surface area contributed by atoms with Crippen molar-refractivity contribution in [3.8, 4) is 0 Å². The largest absolute Gasteiger partial charge is 0.455 e. The Morgan fingerprint density at radius 2 is 1.65 bits per heavy atom. The number of nitrogens with one attached hydrogen (secondary N) is 1. The topological polar surface area (TPSA) is 135 Å². The number of fused-ring (bicyclic) bond motifs is 2. The van der Waals surface area contributed by atoms with Crippen LogP contribution in [0.2, 0.25) is 0 Å². The van der Waals surface area contributed by atoms with E-state index in [4.69, 9.17) is 14.2 Å². The zero-order valence-corrected chi connectivity index (χ0v) is 32.3. The van der Waals surface area contributed by atoms with E-state index in [1.54, 1.807) is 12.2 Å². The third-order valence-electron chi connectivity index (χ3n) is 11.1. The van der Waals surface area contributed by atoms with Gasteiger partial charge in [0, 0.05) is 25.6 Å². The van der Waals surface area contributed by atoms with Crippen LogP contribution in [0, 0.1) is 17.3 Å². The van der Waals surface area contributed by atoms with Crippen LogP contribution in [0.3, 0.4) is 0 Å². The number of hydrogen-bond acceptors (Lipinski definition) is 8. The van der Waals surface area contributed by atoms with Gasteiger partial charge in [-0.25, -0.2) is 0 Å². The summed E-state index contributed by atoms with van der Waals surface area (Å²) in [7, 11) is 1.51. The predicted molar refractivity (Wildman–Crippen MR) is 203 cm³/mol. The molecule has 6 rings (SSSR count). The number of esters is 1. The average molecular weight is 742 g/mol. The molecule has 0 aliphatic carbocycles. The predicted octanol–water partition coefficient (Wildman–Crippen LogP) is 4.55. The van der Waals surface area contributed by atoms with Crippen LogP contribution in [-0.4, -0.2) is 101 Å². The van der Waals surface area contributed by atoms with E-state index in [2.05, 4.69) is 26.1 Å². The zero-order chi connectivity index (χ0) is 38.8. The van der Waals surface area contributed by atoms with E-state index in [1.165, 1.54) is 12.0 Å². The zero-order valence-electron chi connectivity index (χ0n) is 32.3. The molecule has 0 saturated carbocycles. The third-order valence-corrected chi connectivity index (χ3v) is 11.1. The molecule has 4 aliphatic heterocycles. The maximum Gasteiger partial charge on any atom is 0.313 e. The number of nitrogens with zero attached hydrogens (tertiary/aromatic N) is 2. The molecule has 2 fully saturated rings. The number of methoxy groups -OCH3 is 1. The summed E-state index contributed by atoms with van der Waals surface area (Å²) in [5, 5.41) is 14.0. The smallest absolute Gasteiger partial charge is 0.313 e. The fourth-order valence-corrected chi connectivity index (χ4v) is 9.30. The number of carbonyl (C=O) groups is 4. The Hall–Kier alpha value is -4.32. The highest BCUT2D eigenvalue weighted by atomic mass is 16.6. The molecule has 2 aromatic carbocycles. The van der Waals surface area contributed by atoms with Gasteiger partial charge in [0.1, 0.15) is 23.7 Å². The number of cyclic esters (lactones) is 1. The Morgan fingerprint density at radius 1 is 0.963 bits per heavy atom. The molecule has 3 amide bonds. The second-order valence-corrected chi connectivity index (χ2v) is 16.9. The van der Waals surface area contributed by atoms with E-state index in [0.717, 1.165) is 5.56 Å². The third kappa shape index (κ3) is 7.76. The van der Waals surface area contributed by atoms with Crippen molar-refractivity contribution < 1.29 is 38.5 Å². The molecule has 290 valence electrons. The van der Waals surface area contributed by atoms with Gasteiger partial charge in [-0.15, -0.1) is 0 Å². The molecule has 1 spiro atoms. The molecule has 11 nitrogen and oxygen atoms in total. The van der Waals surface area contributed by atoms with Crippen LogP contribution in [0.4, 0.5) is 0 Å². The highest BCUT2D eigenvalue weighted by molar-refractivity contribution is 5.99. The van der Waals surface area contributed by atoms with E-state index >= 15 is 9.59 Å². The van der Waals surface area contributed by atoms with Gasteiger partial charge in [0.2, 0.25) is 17.7 Å². The molecule has 2 aromatic rings. The summed E-state index contributed by atoms with van der Waals surface area (Å²) in [4.78, 5) is 61.8. The molecule has 54 heavy (non-hydrogen) atoms. The first-order chi connectivity index (χ1) is 25.7. The first kappa shape index (κ1) is 39.4. The minimum atomic E-state index is -1.55. The molecule has 2 N–H and O–H groups in total. The summed E-state index contributed by atoms with van der Waals surface area (Å²) < 4.78 is 18.9. The molecule has 2 saturated heterocycles. The Bertz CT molecular complexity index is 1740. The maximum atomic E-state index is 15.3. The SMILES string of the molecule is COC[C@@H]1NC(=O)CC/C=C\[C@@H]2O[C@@]34C=CCN(C(C)(C)CC(C)(C)C)C(=O)[C@@H]3N([C@@H](CO)Cc3ccccc3)C(=O)[C@H]4[C@@H]2C(=O)O[C@H]1c1ccccc1. The van der Waals surface area contributed by atoms with E-state index < -0.39 is 71.8 Å². The van der Waals surface area contributed by atoms with Gasteiger partial charge < -0.3 is 34.4 Å². The lowest BCUT2D eigenvalue weighted by atomic mass is 9.77. The number of benzene rings is 2. The van der Waals surface area contributed by atoms with Gasteiger partial charge in [-0.3, -0.25) is 19.2 Å². The van der Waals surface area contributed by atoms with Crippen LogP contribution in [0.25, 0.3) is 0 Å². The fraction of sp³-hybridized carbons (Fsp3) is 0.535. The fourth-order valence-electron chi connectivity index (χ4n) is 9.30. The lowest BCUT2D eigenvalue weighted by molar-refractivity contribution is -0.163. The number of aliphatic hydroxyl groups excluding tert-OH is 1. The van der Waals surface area contributed by atoms with Gasteiger partial charge in [0.05, 0.1) is 37.3 Å². The molecule has 11 heteroatoms. The molecule has 4 aliphatic rings. The Balaban J connectivity index is 1.48. The van der Waals surface area contributed by atoms with E-state index in [0.29, 0.717) is 18.4 Å². The molecular formula is C43H55N3O8. The van der Waals surface area contributed by atoms with E-state index in [9.17, 15) is 14.7 Å². The van der Waals surface area contributed by atoms with E-state index in [1.807, 2.05) is 91.6 Å². The number of rotatable bonds is 9. The molecule has 0 radical (unpaired) electrons. The first-order valence-electron chi connectivity index (χ1n) is 19.0. The van der Waals surface area contributed by atoms with Gasteiger partial charge in [-0.05, 0) is 49.7 Å². The van der Waals surface area contributed by atoms with Gasteiger partial charge in [-0.1, -0.05) is 106 Å². The van der Waals surface area contributed by atoms with Crippen molar-refractivity contribution in [2.45, 2.75) is 102 Å². The summed E-state index contributed by atoms with van der Waals surface area (Å²) in [5.41, 5.74) is -0.743. The van der Waals surface area contributed by atoms with Gasteiger partial charge in [0.15, 0.2) is 0 Å². The van der Waals surface area contributed by atoms with Crippen molar-refractivity contribution in [1.29, 1.82) is 0 Å². The van der Waals surface area contributed by atoms with Crippen LogP contribution in [0.15, 0.2) is 85.0 Å². The normalized spacial score (nSPS) is 30.3. The lowest BCUT2D eigenvalue weighted by Crippen LogP contribution is -2.62. The van der Waals surface area contributed by atoms with Crippen LogP contribution < -0.4 is 5.32 Å². The minimum Gasteiger partial charge on any atom is -0.455 e.